The molecule has 0 amide bonds. The summed E-state index contributed by atoms with van der Waals surface area (Å²) in [7, 11) is 0. The van der Waals surface area contributed by atoms with Gasteiger partial charge in [0.15, 0.2) is 0 Å². The highest BCUT2D eigenvalue weighted by Crippen LogP contribution is 2.43. The molecule has 96 valence electrons. The summed E-state index contributed by atoms with van der Waals surface area (Å²) in [6.45, 7) is 5.47. The number of hydrogen-bond donors (Lipinski definition) is 2. The monoisotopic (exact) mass is 238 g/mol. The maximum absolute atomic E-state index is 5.40. The summed E-state index contributed by atoms with van der Waals surface area (Å²) in [6, 6.07) is 0.564. The second-order valence-electron chi connectivity index (χ2n) is 5.60. The van der Waals surface area contributed by atoms with E-state index in [4.69, 9.17) is 10.2 Å². The van der Waals surface area contributed by atoms with Gasteiger partial charge in [-0.3, -0.25) is 0 Å². The van der Waals surface area contributed by atoms with Crippen molar-refractivity contribution in [2.24, 2.45) is 11.3 Å². The number of nitrogens with one attached hydrogen (secondary N) is 1. The van der Waals surface area contributed by atoms with Gasteiger partial charge in [0.25, 0.3) is 0 Å². The Balaban J connectivity index is 1.94. The molecule has 17 heavy (non-hydrogen) atoms. The number of nitrogens with two attached hydrogens (primary N) is 1. The molecular formula is C12H22N4O. The second kappa shape index (κ2) is 4.94. The first kappa shape index (κ1) is 12.2. The van der Waals surface area contributed by atoms with Crippen molar-refractivity contribution in [3.05, 3.63) is 0 Å². The summed E-state index contributed by atoms with van der Waals surface area (Å²) in [5, 5.41) is 10.7. The van der Waals surface area contributed by atoms with Gasteiger partial charge < -0.3 is 15.5 Å². The average molecular weight is 238 g/mol. The third-order valence-corrected chi connectivity index (χ3v) is 3.56. The maximum atomic E-state index is 5.40. The number of rotatable bonds is 5. The standard InChI is InChI=1S/C12H22N4O/c1-9(2)7-12(5-3-4-6-12)8-14-11-16-15-10(13)17-11/h9H,3-8H2,1-2H3,(H2,13,15)(H,14,16). The van der Waals surface area contributed by atoms with Crippen LogP contribution in [0, 0.1) is 11.3 Å². The molecule has 1 saturated carbocycles. The zero-order valence-corrected chi connectivity index (χ0v) is 10.7. The third-order valence-electron chi connectivity index (χ3n) is 3.56. The fourth-order valence-corrected chi connectivity index (χ4v) is 3.01. The Kier molecular flexibility index (Phi) is 3.54. The van der Waals surface area contributed by atoms with Crippen LogP contribution in [-0.2, 0) is 0 Å². The minimum Gasteiger partial charge on any atom is -0.390 e. The number of hydrogen-bond acceptors (Lipinski definition) is 5. The predicted molar refractivity (Wildman–Crippen MR) is 67.6 cm³/mol. The predicted octanol–water partition coefficient (Wildman–Crippen LogP) is 2.67. The Morgan fingerprint density at radius 1 is 1.35 bits per heavy atom. The van der Waals surface area contributed by atoms with E-state index in [0.29, 0.717) is 11.4 Å². The molecule has 1 aromatic rings. The SMILES string of the molecule is CC(C)CC1(CNc2nnc(N)o2)CCCC1. The Hall–Kier alpha value is -1.26. The van der Waals surface area contributed by atoms with Gasteiger partial charge in [-0.1, -0.05) is 36.9 Å². The number of aromatic nitrogens is 2. The zero-order chi connectivity index (χ0) is 12.3. The van der Waals surface area contributed by atoms with E-state index in [2.05, 4.69) is 29.4 Å². The van der Waals surface area contributed by atoms with Crippen molar-refractivity contribution in [1.29, 1.82) is 0 Å². The molecule has 5 nitrogen and oxygen atoms in total. The van der Waals surface area contributed by atoms with Gasteiger partial charge in [0, 0.05) is 6.54 Å². The van der Waals surface area contributed by atoms with Crippen LogP contribution in [0.3, 0.4) is 0 Å². The van der Waals surface area contributed by atoms with Gasteiger partial charge in [-0.15, -0.1) is 0 Å². The van der Waals surface area contributed by atoms with E-state index in [9.17, 15) is 0 Å². The van der Waals surface area contributed by atoms with Crippen LogP contribution in [-0.4, -0.2) is 16.7 Å². The van der Waals surface area contributed by atoms with Crippen LogP contribution in [0.2, 0.25) is 0 Å². The normalized spacial score (nSPS) is 18.8. The average Bonchev–Trinajstić information content (AvgIpc) is 2.85. The van der Waals surface area contributed by atoms with Gasteiger partial charge in [-0.05, 0) is 30.6 Å². The van der Waals surface area contributed by atoms with Crippen molar-refractivity contribution in [1.82, 2.24) is 10.2 Å². The fraction of sp³-hybridized carbons (Fsp3) is 0.833. The molecule has 1 aliphatic carbocycles. The highest BCUT2D eigenvalue weighted by Gasteiger charge is 2.34. The van der Waals surface area contributed by atoms with Crippen LogP contribution in [0.4, 0.5) is 12.0 Å². The van der Waals surface area contributed by atoms with E-state index in [-0.39, 0.29) is 6.01 Å². The van der Waals surface area contributed by atoms with E-state index in [1.807, 2.05) is 0 Å². The lowest BCUT2D eigenvalue weighted by atomic mass is 9.78. The van der Waals surface area contributed by atoms with Gasteiger partial charge in [0.2, 0.25) is 0 Å². The Labute approximate surface area is 102 Å². The van der Waals surface area contributed by atoms with Gasteiger partial charge >= 0.3 is 12.0 Å². The van der Waals surface area contributed by atoms with E-state index < -0.39 is 0 Å². The lowest BCUT2D eigenvalue weighted by molar-refractivity contribution is 0.251. The van der Waals surface area contributed by atoms with Crippen LogP contribution in [0.25, 0.3) is 0 Å². The molecule has 2 rings (SSSR count). The molecule has 0 aromatic carbocycles. The zero-order valence-electron chi connectivity index (χ0n) is 10.7. The molecule has 0 spiro atoms. The van der Waals surface area contributed by atoms with Gasteiger partial charge in [-0.25, -0.2) is 0 Å². The molecule has 0 aliphatic heterocycles. The minimum absolute atomic E-state index is 0.122. The number of nitrogen functional groups attached to an aromatic ring is 1. The fourth-order valence-electron chi connectivity index (χ4n) is 3.01. The molecule has 1 fully saturated rings. The molecule has 1 aliphatic rings. The Morgan fingerprint density at radius 3 is 2.59 bits per heavy atom. The molecular weight excluding hydrogens is 216 g/mol. The molecule has 1 aromatic heterocycles. The highest BCUT2D eigenvalue weighted by atomic mass is 16.4. The topological polar surface area (TPSA) is 77.0 Å². The van der Waals surface area contributed by atoms with Crippen LogP contribution >= 0.6 is 0 Å². The van der Waals surface area contributed by atoms with Crippen molar-refractivity contribution in [2.75, 3.05) is 17.6 Å². The Bertz CT molecular complexity index is 355. The smallest absolute Gasteiger partial charge is 0.316 e. The second-order valence-corrected chi connectivity index (χ2v) is 5.60. The van der Waals surface area contributed by atoms with Crippen molar-refractivity contribution in [2.45, 2.75) is 46.0 Å². The molecule has 1 heterocycles. The number of anilines is 2. The van der Waals surface area contributed by atoms with Crippen LogP contribution in [0.5, 0.6) is 0 Å². The van der Waals surface area contributed by atoms with E-state index >= 15 is 0 Å². The van der Waals surface area contributed by atoms with E-state index in [0.717, 1.165) is 12.5 Å². The first-order valence-electron chi connectivity index (χ1n) is 6.42. The summed E-state index contributed by atoms with van der Waals surface area (Å²) in [5.74, 6) is 0.725. The Morgan fingerprint density at radius 2 is 2.06 bits per heavy atom. The van der Waals surface area contributed by atoms with Crippen molar-refractivity contribution < 1.29 is 4.42 Å². The molecule has 0 bridgehead atoms. The largest absolute Gasteiger partial charge is 0.390 e. The molecule has 0 atom stereocenters. The summed E-state index contributed by atoms with van der Waals surface area (Å²) in [5.41, 5.74) is 5.80. The van der Waals surface area contributed by atoms with Gasteiger partial charge in [0.05, 0.1) is 0 Å². The van der Waals surface area contributed by atoms with Gasteiger partial charge in [0.1, 0.15) is 0 Å². The summed E-state index contributed by atoms with van der Waals surface area (Å²) < 4.78 is 5.14. The summed E-state index contributed by atoms with van der Waals surface area (Å²) >= 11 is 0. The molecule has 3 N–H and O–H groups in total. The van der Waals surface area contributed by atoms with Crippen LogP contribution in [0.1, 0.15) is 46.0 Å². The summed E-state index contributed by atoms with van der Waals surface area (Å²) in [4.78, 5) is 0. The van der Waals surface area contributed by atoms with E-state index in [1.54, 1.807) is 0 Å². The van der Waals surface area contributed by atoms with Gasteiger partial charge in [-0.2, -0.15) is 0 Å². The maximum Gasteiger partial charge on any atom is 0.316 e. The number of nitrogens with zero attached hydrogens (tertiary/aromatic N) is 2. The van der Waals surface area contributed by atoms with E-state index in [1.165, 1.54) is 32.1 Å². The third kappa shape index (κ3) is 3.11. The first-order valence-corrected chi connectivity index (χ1v) is 6.42. The van der Waals surface area contributed by atoms with Crippen LogP contribution < -0.4 is 11.1 Å². The van der Waals surface area contributed by atoms with Crippen LogP contribution in [0.15, 0.2) is 4.42 Å². The van der Waals surface area contributed by atoms with Crippen molar-refractivity contribution in [3.63, 3.8) is 0 Å². The molecule has 5 heteroatoms. The molecule has 0 saturated heterocycles. The summed E-state index contributed by atoms with van der Waals surface area (Å²) in [6.07, 6.45) is 6.51. The minimum atomic E-state index is 0.122. The van der Waals surface area contributed by atoms with Crippen molar-refractivity contribution in [3.8, 4) is 0 Å². The lowest BCUT2D eigenvalue weighted by Crippen LogP contribution is -2.28. The lowest BCUT2D eigenvalue weighted by Gasteiger charge is -2.30. The molecule has 0 unspecified atom stereocenters. The van der Waals surface area contributed by atoms with Crippen molar-refractivity contribution >= 4 is 12.0 Å². The highest BCUT2D eigenvalue weighted by molar-refractivity contribution is 5.23. The quantitative estimate of drug-likeness (QED) is 0.824. The first-order chi connectivity index (χ1) is 8.10. The molecule has 0 radical (unpaired) electrons.